The first-order valence-electron chi connectivity index (χ1n) is 9.66. The van der Waals surface area contributed by atoms with E-state index in [0.29, 0.717) is 42.6 Å². The Bertz CT molecular complexity index is 1030. The third kappa shape index (κ3) is 5.60. The summed E-state index contributed by atoms with van der Waals surface area (Å²) >= 11 is 7.25. The second kappa shape index (κ2) is 10.5. The molecule has 12 heteroatoms. The monoisotopic (exact) mass is 480 g/mol. The van der Waals surface area contributed by atoms with Crippen LogP contribution in [0.1, 0.15) is 5.56 Å². The van der Waals surface area contributed by atoms with E-state index in [1.165, 1.54) is 31.0 Å². The Hall–Kier alpha value is -3.05. The molecule has 170 valence electrons. The zero-order chi connectivity index (χ0) is 23.3. The normalized spacial score (nSPS) is 13.7. The minimum Gasteiger partial charge on any atom is -0.490 e. The van der Waals surface area contributed by atoms with Crippen LogP contribution in [0.5, 0.6) is 5.75 Å². The number of anilines is 1. The predicted molar refractivity (Wildman–Crippen MR) is 123 cm³/mol. The molecule has 0 bridgehead atoms. The topological polar surface area (TPSA) is 119 Å². The maximum absolute atomic E-state index is 12.6. The van der Waals surface area contributed by atoms with Crippen LogP contribution in [0, 0.1) is 20.2 Å². The maximum Gasteiger partial charge on any atom is 0.311 e. The number of amides is 1. The maximum atomic E-state index is 12.6. The molecular weight excluding hydrogens is 460 g/mol. The lowest BCUT2D eigenvalue weighted by atomic mass is 10.2. The van der Waals surface area contributed by atoms with Gasteiger partial charge in [0.1, 0.15) is 5.69 Å². The quantitative estimate of drug-likeness (QED) is 0.414. The summed E-state index contributed by atoms with van der Waals surface area (Å²) in [6.45, 7) is 1.85. The number of nitro benzene ring substituents is 2. The number of carbonyl (C=O) groups is 1. The molecule has 1 heterocycles. The Kier molecular flexibility index (Phi) is 7.75. The number of halogens is 1. The molecule has 1 aliphatic rings. The minimum absolute atomic E-state index is 0.0386. The highest BCUT2D eigenvalue weighted by atomic mass is 35.5. The van der Waals surface area contributed by atoms with Gasteiger partial charge in [0.15, 0.2) is 5.75 Å². The van der Waals surface area contributed by atoms with Crippen LogP contribution in [0.25, 0.3) is 0 Å². The molecule has 0 unspecified atom stereocenters. The van der Waals surface area contributed by atoms with Crippen LogP contribution in [0.2, 0.25) is 5.02 Å². The summed E-state index contributed by atoms with van der Waals surface area (Å²) in [5, 5.41) is 22.8. The first-order chi connectivity index (χ1) is 15.3. The molecule has 2 aromatic carbocycles. The van der Waals surface area contributed by atoms with Gasteiger partial charge in [-0.3, -0.25) is 25.0 Å². The Labute approximate surface area is 193 Å². The van der Waals surface area contributed by atoms with Crippen molar-refractivity contribution >= 4 is 46.3 Å². The van der Waals surface area contributed by atoms with Crippen LogP contribution in [0.4, 0.5) is 17.1 Å². The number of methoxy groups -OCH3 is 1. The van der Waals surface area contributed by atoms with Gasteiger partial charge in [-0.1, -0.05) is 17.7 Å². The molecule has 32 heavy (non-hydrogen) atoms. The van der Waals surface area contributed by atoms with E-state index >= 15 is 0 Å². The summed E-state index contributed by atoms with van der Waals surface area (Å²) in [4.78, 5) is 37.7. The van der Waals surface area contributed by atoms with E-state index in [4.69, 9.17) is 16.3 Å². The van der Waals surface area contributed by atoms with Gasteiger partial charge in [-0.25, -0.2) is 0 Å². The second-order valence-electron chi connectivity index (χ2n) is 7.01. The highest BCUT2D eigenvalue weighted by molar-refractivity contribution is 7.99. The molecule has 3 rings (SSSR count). The number of benzene rings is 2. The molecule has 0 saturated carbocycles. The van der Waals surface area contributed by atoms with Crippen molar-refractivity contribution < 1.29 is 19.4 Å². The smallest absolute Gasteiger partial charge is 0.311 e. The summed E-state index contributed by atoms with van der Waals surface area (Å²) in [6.07, 6.45) is 0. The van der Waals surface area contributed by atoms with E-state index in [1.807, 2.05) is 4.90 Å². The van der Waals surface area contributed by atoms with Gasteiger partial charge in [0, 0.05) is 49.1 Å². The molecule has 0 aromatic heterocycles. The van der Waals surface area contributed by atoms with E-state index in [1.54, 1.807) is 29.2 Å². The number of piperazine rings is 1. The number of thioether (sulfide) groups is 1. The molecule has 1 fully saturated rings. The Balaban J connectivity index is 1.52. The lowest BCUT2D eigenvalue weighted by Gasteiger charge is -2.35. The lowest BCUT2D eigenvalue weighted by Crippen LogP contribution is -2.49. The average Bonchev–Trinajstić information content (AvgIpc) is 2.79. The van der Waals surface area contributed by atoms with Crippen molar-refractivity contribution in [2.75, 3.05) is 43.9 Å². The lowest BCUT2D eigenvalue weighted by molar-refractivity contribution is -0.385. The molecule has 0 N–H and O–H groups in total. The fourth-order valence-corrected chi connectivity index (χ4v) is 4.46. The van der Waals surface area contributed by atoms with E-state index in [0.717, 1.165) is 5.56 Å². The molecular formula is C20H21ClN4O6S. The summed E-state index contributed by atoms with van der Waals surface area (Å²) in [6, 6.07) is 9.30. The van der Waals surface area contributed by atoms with Crippen molar-refractivity contribution in [1.29, 1.82) is 0 Å². The zero-order valence-corrected chi connectivity index (χ0v) is 18.8. The number of nitrogens with zero attached hydrogens (tertiary/aromatic N) is 4. The standard InChI is InChI=1S/C20H21ClN4O6S/c1-31-19-5-2-14(10-18(19)25(29)30)12-32-13-20(26)23-8-6-22(7-9-23)16-4-3-15(21)11-17(16)24(27)28/h2-5,10-11H,6-9,12-13H2,1H3. The van der Waals surface area contributed by atoms with Gasteiger partial charge in [-0.2, -0.15) is 0 Å². The van der Waals surface area contributed by atoms with E-state index in [9.17, 15) is 25.0 Å². The highest BCUT2D eigenvalue weighted by Crippen LogP contribution is 2.32. The van der Waals surface area contributed by atoms with Crippen LogP contribution in [-0.4, -0.2) is 59.7 Å². The molecule has 1 aliphatic heterocycles. The van der Waals surface area contributed by atoms with E-state index in [-0.39, 0.29) is 28.8 Å². The minimum atomic E-state index is -0.497. The largest absolute Gasteiger partial charge is 0.490 e. The van der Waals surface area contributed by atoms with Crippen molar-refractivity contribution in [3.8, 4) is 5.75 Å². The number of hydrogen-bond acceptors (Lipinski definition) is 8. The van der Waals surface area contributed by atoms with Crippen molar-refractivity contribution in [1.82, 2.24) is 4.90 Å². The third-order valence-electron chi connectivity index (χ3n) is 5.04. The third-order valence-corrected chi connectivity index (χ3v) is 6.27. The van der Waals surface area contributed by atoms with Crippen LogP contribution in [0.15, 0.2) is 36.4 Å². The number of ether oxygens (including phenoxy) is 1. The molecule has 1 saturated heterocycles. The van der Waals surface area contributed by atoms with Crippen LogP contribution in [-0.2, 0) is 10.5 Å². The van der Waals surface area contributed by atoms with E-state index < -0.39 is 9.85 Å². The first-order valence-corrected chi connectivity index (χ1v) is 11.2. The van der Waals surface area contributed by atoms with Gasteiger partial charge in [0.05, 0.1) is 22.7 Å². The number of nitro groups is 2. The van der Waals surface area contributed by atoms with Crippen LogP contribution < -0.4 is 9.64 Å². The van der Waals surface area contributed by atoms with Crippen molar-refractivity contribution in [2.45, 2.75) is 5.75 Å². The first kappa shape index (κ1) is 23.6. The predicted octanol–water partition coefficient (Wildman–Crippen LogP) is 3.75. The van der Waals surface area contributed by atoms with Gasteiger partial charge in [-0.15, -0.1) is 11.8 Å². The van der Waals surface area contributed by atoms with Crippen molar-refractivity contribution in [3.05, 3.63) is 67.2 Å². The SMILES string of the molecule is COc1ccc(CSCC(=O)N2CCN(c3ccc(Cl)cc3[N+](=O)[O-])CC2)cc1[N+](=O)[O-]. The van der Waals surface area contributed by atoms with Gasteiger partial charge in [0.2, 0.25) is 5.91 Å². The van der Waals surface area contributed by atoms with Crippen LogP contribution in [0.3, 0.4) is 0 Å². The fraction of sp³-hybridized carbons (Fsp3) is 0.350. The number of hydrogen-bond donors (Lipinski definition) is 0. The number of carbonyl (C=O) groups excluding carboxylic acids is 1. The van der Waals surface area contributed by atoms with Gasteiger partial charge in [-0.05, 0) is 23.8 Å². The number of rotatable bonds is 8. The summed E-state index contributed by atoms with van der Waals surface area (Å²) in [7, 11) is 1.38. The summed E-state index contributed by atoms with van der Waals surface area (Å²) < 4.78 is 4.99. The fourth-order valence-electron chi connectivity index (χ4n) is 3.42. The Morgan fingerprint density at radius 3 is 2.38 bits per heavy atom. The molecule has 2 aromatic rings. The Morgan fingerprint density at radius 2 is 1.75 bits per heavy atom. The molecule has 1 amide bonds. The molecule has 0 atom stereocenters. The van der Waals surface area contributed by atoms with Crippen molar-refractivity contribution in [2.24, 2.45) is 0 Å². The van der Waals surface area contributed by atoms with Crippen molar-refractivity contribution in [3.63, 3.8) is 0 Å². The molecule has 10 nitrogen and oxygen atoms in total. The molecule has 0 radical (unpaired) electrons. The zero-order valence-electron chi connectivity index (χ0n) is 17.2. The summed E-state index contributed by atoms with van der Waals surface area (Å²) in [5.74, 6) is 0.843. The van der Waals surface area contributed by atoms with E-state index in [2.05, 4.69) is 0 Å². The highest BCUT2D eigenvalue weighted by Gasteiger charge is 2.26. The van der Waals surface area contributed by atoms with Gasteiger partial charge < -0.3 is 14.5 Å². The van der Waals surface area contributed by atoms with Gasteiger partial charge >= 0.3 is 5.69 Å². The van der Waals surface area contributed by atoms with Gasteiger partial charge in [0.25, 0.3) is 5.69 Å². The molecule has 0 spiro atoms. The van der Waals surface area contributed by atoms with Crippen LogP contribution >= 0.6 is 23.4 Å². The molecule has 0 aliphatic carbocycles. The second-order valence-corrected chi connectivity index (χ2v) is 8.44. The Morgan fingerprint density at radius 1 is 1.06 bits per heavy atom. The average molecular weight is 481 g/mol. The summed E-state index contributed by atoms with van der Waals surface area (Å²) in [5.41, 5.74) is 1.06.